The topological polar surface area (TPSA) is 52.6 Å². The maximum atomic E-state index is 12.0. The van der Waals surface area contributed by atoms with Crippen LogP contribution in [0.15, 0.2) is 12.2 Å². The van der Waals surface area contributed by atoms with Gasteiger partial charge in [0.1, 0.15) is 12.2 Å². The van der Waals surface area contributed by atoms with E-state index < -0.39 is 5.97 Å². The van der Waals surface area contributed by atoms with E-state index in [2.05, 4.69) is 27.4 Å². The molecule has 0 N–H and O–H groups in total. The summed E-state index contributed by atoms with van der Waals surface area (Å²) in [4.78, 5) is 23.9. The first-order valence-electron chi connectivity index (χ1n) is 6.79. The standard InChI is InChI=1S/C15H20O4/c1-7(2)12(16)18-10-11-15(5)6-14(10,4)8(3)9(15)13(17)19-11/h8-11H,1,6H2,2-5H3. The maximum absolute atomic E-state index is 12.0. The van der Waals surface area contributed by atoms with E-state index in [1.54, 1.807) is 6.92 Å². The Morgan fingerprint density at radius 1 is 1.42 bits per heavy atom. The van der Waals surface area contributed by atoms with Crippen molar-refractivity contribution in [3.05, 3.63) is 12.2 Å². The molecule has 2 aliphatic carbocycles. The predicted octanol–water partition coefficient (Wildman–Crippen LogP) is 2.08. The SMILES string of the molecule is C=C(C)C(=O)OC1C2OC(=O)C3C(C)C1(C)CC23C. The minimum Gasteiger partial charge on any atom is -0.458 e. The summed E-state index contributed by atoms with van der Waals surface area (Å²) in [6.45, 7) is 11.5. The molecule has 2 saturated carbocycles. The van der Waals surface area contributed by atoms with Crippen molar-refractivity contribution >= 4 is 11.9 Å². The third kappa shape index (κ3) is 1.30. The fourth-order valence-electron chi connectivity index (χ4n) is 4.65. The Kier molecular flexibility index (Phi) is 2.28. The Morgan fingerprint density at radius 3 is 2.63 bits per heavy atom. The smallest absolute Gasteiger partial charge is 0.333 e. The van der Waals surface area contributed by atoms with Gasteiger partial charge in [0.05, 0.1) is 5.92 Å². The lowest BCUT2D eigenvalue weighted by molar-refractivity contribution is -0.164. The van der Waals surface area contributed by atoms with Crippen LogP contribution in [0.1, 0.15) is 34.1 Å². The number of ether oxygens (including phenoxy) is 2. The van der Waals surface area contributed by atoms with Crippen molar-refractivity contribution in [3.63, 3.8) is 0 Å². The fourth-order valence-corrected chi connectivity index (χ4v) is 4.65. The number of carbonyl (C=O) groups is 2. The molecule has 4 nitrogen and oxygen atoms in total. The van der Waals surface area contributed by atoms with Crippen molar-refractivity contribution in [2.75, 3.05) is 0 Å². The average Bonchev–Trinajstić information content (AvgIpc) is 2.72. The molecule has 2 bridgehead atoms. The van der Waals surface area contributed by atoms with Gasteiger partial charge in [-0.05, 0) is 19.3 Å². The molecule has 19 heavy (non-hydrogen) atoms. The summed E-state index contributed by atoms with van der Waals surface area (Å²) in [7, 11) is 0. The minimum atomic E-state index is -0.394. The van der Waals surface area contributed by atoms with Crippen molar-refractivity contribution in [2.24, 2.45) is 22.7 Å². The molecule has 0 aromatic rings. The number of hydrogen-bond acceptors (Lipinski definition) is 4. The first kappa shape index (κ1) is 12.7. The van der Waals surface area contributed by atoms with Gasteiger partial charge in [0.2, 0.25) is 0 Å². The molecule has 1 heterocycles. The second-order valence-corrected chi connectivity index (χ2v) is 6.92. The van der Waals surface area contributed by atoms with E-state index in [0.29, 0.717) is 5.57 Å². The molecule has 1 saturated heterocycles. The van der Waals surface area contributed by atoms with Gasteiger partial charge in [0.15, 0.2) is 0 Å². The van der Waals surface area contributed by atoms with Crippen molar-refractivity contribution in [2.45, 2.75) is 46.3 Å². The second-order valence-electron chi connectivity index (χ2n) is 6.92. The van der Waals surface area contributed by atoms with E-state index in [4.69, 9.17) is 9.47 Å². The molecule has 0 radical (unpaired) electrons. The van der Waals surface area contributed by atoms with Gasteiger partial charge < -0.3 is 9.47 Å². The summed E-state index contributed by atoms with van der Waals surface area (Å²) in [5, 5.41) is 0. The molecule has 0 aromatic heterocycles. The van der Waals surface area contributed by atoms with Gasteiger partial charge in [-0.15, -0.1) is 0 Å². The number of fused-ring (bicyclic) bond motifs is 1. The Morgan fingerprint density at radius 2 is 2.05 bits per heavy atom. The maximum Gasteiger partial charge on any atom is 0.333 e. The number of rotatable bonds is 2. The number of hydrogen-bond donors (Lipinski definition) is 0. The highest BCUT2D eigenvalue weighted by atomic mass is 16.6. The number of esters is 2. The molecular weight excluding hydrogens is 244 g/mol. The highest BCUT2D eigenvalue weighted by Gasteiger charge is 2.77. The first-order chi connectivity index (χ1) is 8.71. The summed E-state index contributed by atoms with van der Waals surface area (Å²) in [5.41, 5.74) is 0.0113. The van der Waals surface area contributed by atoms with Crippen LogP contribution in [0.3, 0.4) is 0 Å². The highest BCUT2D eigenvalue weighted by molar-refractivity contribution is 5.87. The van der Waals surface area contributed by atoms with E-state index in [1.807, 2.05) is 0 Å². The van der Waals surface area contributed by atoms with Gasteiger partial charge in [-0.1, -0.05) is 27.4 Å². The van der Waals surface area contributed by atoms with E-state index in [1.165, 1.54) is 0 Å². The van der Waals surface area contributed by atoms with Gasteiger partial charge in [-0.3, -0.25) is 4.79 Å². The zero-order chi connectivity index (χ0) is 14.2. The van der Waals surface area contributed by atoms with Crippen LogP contribution in [0.5, 0.6) is 0 Å². The van der Waals surface area contributed by atoms with Crippen LogP contribution in [0.25, 0.3) is 0 Å². The Bertz CT molecular complexity index is 496. The third-order valence-electron chi connectivity index (χ3n) is 5.67. The molecule has 0 amide bonds. The van der Waals surface area contributed by atoms with Crippen molar-refractivity contribution in [1.29, 1.82) is 0 Å². The molecule has 4 heteroatoms. The molecule has 1 aliphatic heterocycles. The molecule has 3 rings (SSSR count). The lowest BCUT2D eigenvalue weighted by Gasteiger charge is -2.39. The monoisotopic (exact) mass is 264 g/mol. The van der Waals surface area contributed by atoms with Gasteiger partial charge in [-0.25, -0.2) is 4.79 Å². The van der Waals surface area contributed by atoms with Gasteiger partial charge in [-0.2, -0.15) is 0 Å². The largest absolute Gasteiger partial charge is 0.458 e. The lowest BCUT2D eigenvalue weighted by atomic mass is 9.67. The van der Waals surface area contributed by atoms with Crippen molar-refractivity contribution in [3.8, 4) is 0 Å². The van der Waals surface area contributed by atoms with E-state index in [9.17, 15) is 9.59 Å². The second kappa shape index (κ2) is 3.41. The van der Waals surface area contributed by atoms with Crippen LogP contribution in [0.4, 0.5) is 0 Å². The van der Waals surface area contributed by atoms with Crippen LogP contribution in [-0.2, 0) is 19.1 Å². The number of carbonyl (C=O) groups excluding carboxylic acids is 2. The highest BCUT2D eigenvalue weighted by Crippen LogP contribution is 2.71. The molecule has 0 aromatic carbocycles. The zero-order valence-corrected chi connectivity index (χ0v) is 11.9. The average molecular weight is 264 g/mol. The zero-order valence-electron chi connectivity index (χ0n) is 11.9. The molecule has 3 aliphatic rings. The molecule has 104 valence electrons. The van der Waals surface area contributed by atoms with Crippen LogP contribution in [0.2, 0.25) is 0 Å². The molecular formula is C15H20O4. The van der Waals surface area contributed by atoms with E-state index in [0.717, 1.165) is 6.42 Å². The summed E-state index contributed by atoms with van der Waals surface area (Å²) in [5.74, 6) is -0.402. The summed E-state index contributed by atoms with van der Waals surface area (Å²) < 4.78 is 11.1. The van der Waals surface area contributed by atoms with Gasteiger partial charge in [0, 0.05) is 16.4 Å². The van der Waals surface area contributed by atoms with Crippen LogP contribution in [0, 0.1) is 22.7 Å². The van der Waals surface area contributed by atoms with Crippen LogP contribution >= 0.6 is 0 Å². The van der Waals surface area contributed by atoms with Gasteiger partial charge in [0.25, 0.3) is 0 Å². The quantitative estimate of drug-likeness (QED) is 0.566. The summed E-state index contributed by atoms with van der Waals surface area (Å²) in [6, 6.07) is 0. The van der Waals surface area contributed by atoms with Crippen LogP contribution in [-0.4, -0.2) is 24.1 Å². The van der Waals surface area contributed by atoms with Crippen molar-refractivity contribution < 1.29 is 19.1 Å². The predicted molar refractivity (Wildman–Crippen MR) is 68.1 cm³/mol. The Labute approximate surface area is 113 Å². The Balaban J connectivity index is 1.98. The van der Waals surface area contributed by atoms with E-state index in [-0.39, 0.29) is 40.8 Å². The van der Waals surface area contributed by atoms with Gasteiger partial charge >= 0.3 is 11.9 Å². The van der Waals surface area contributed by atoms with E-state index >= 15 is 0 Å². The molecule has 6 unspecified atom stereocenters. The first-order valence-corrected chi connectivity index (χ1v) is 6.79. The summed E-state index contributed by atoms with van der Waals surface area (Å²) in [6.07, 6.45) is 0.227. The fraction of sp³-hybridized carbons (Fsp3) is 0.733. The molecule has 0 spiro atoms. The van der Waals surface area contributed by atoms with Crippen molar-refractivity contribution in [1.82, 2.24) is 0 Å². The summed E-state index contributed by atoms with van der Waals surface area (Å²) >= 11 is 0. The Hall–Kier alpha value is -1.32. The lowest BCUT2D eigenvalue weighted by Crippen LogP contribution is -2.48. The molecule has 6 atom stereocenters. The minimum absolute atomic E-state index is 0.0534. The van der Waals surface area contributed by atoms with Crippen LogP contribution < -0.4 is 0 Å². The third-order valence-corrected chi connectivity index (χ3v) is 5.67. The normalized spacial score (nSPS) is 50.2. The molecule has 3 fully saturated rings.